The highest BCUT2D eigenvalue weighted by Gasteiger charge is 2.27. The number of anilines is 2. The third kappa shape index (κ3) is 6.82. The lowest BCUT2D eigenvalue weighted by molar-refractivity contribution is 0.0176. The number of nitrogens with one attached hydrogen (secondary N) is 4. The molecule has 2 aromatic carbocycles. The highest BCUT2D eigenvalue weighted by Crippen LogP contribution is 2.34. The second-order valence-electron chi connectivity index (χ2n) is 9.86. The van der Waals surface area contributed by atoms with Gasteiger partial charge in [0.2, 0.25) is 0 Å². The van der Waals surface area contributed by atoms with Crippen molar-refractivity contribution in [2.75, 3.05) is 49.9 Å². The Bertz CT molecular complexity index is 1550. The van der Waals surface area contributed by atoms with Gasteiger partial charge in [-0.25, -0.2) is 13.6 Å². The highest BCUT2D eigenvalue weighted by atomic mass is 35.5. The van der Waals surface area contributed by atoms with Gasteiger partial charge >= 0.3 is 6.03 Å². The molecule has 0 aliphatic carbocycles. The molecule has 3 amide bonds. The largest absolute Gasteiger partial charge is 0.351 e. The van der Waals surface area contributed by atoms with E-state index in [4.69, 9.17) is 11.6 Å². The third-order valence-corrected chi connectivity index (χ3v) is 7.21. The van der Waals surface area contributed by atoms with Crippen LogP contribution in [-0.4, -0.2) is 65.7 Å². The molecule has 0 spiro atoms. The molecule has 0 saturated carbocycles. The van der Waals surface area contributed by atoms with Crippen molar-refractivity contribution >= 4 is 45.8 Å². The van der Waals surface area contributed by atoms with Gasteiger partial charge in [-0.15, -0.1) is 0 Å². The molecule has 5 rings (SSSR count). The summed E-state index contributed by atoms with van der Waals surface area (Å²) < 4.78 is 29.4. The number of nitrogens with zero attached hydrogens (tertiary/aromatic N) is 3. The fourth-order valence-electron chi connectivity index (χ4n) is 4.76. The van der Waals surface area contributed by atoms with Crippen LogP contribution in [0.1, 0.15) is 22.8 Å². The first-order valence-corrected chi connectivity index (χ1v) is 13.6. The SMILES string of the molecule is CC(F)(F)c1cc(NC(=O)Nc2ccc(-n3cc(C(=O)NCCN4CCNCC4)c4ccncc43)cc2)ccc1Cl. The number of aromatic nitrogens is 2. The Morgan fingerprint density at radius 3 is 2.49 bits per heavy atom. The Morgan fingerprint density at radius 1 is 1.05 bits per heavy atom. The number of fused-ring (bicyclic) bond motifs is 1. The number of pyridine rings is 1. The molecule has 2 aromatic heterocycles. The molecule has 4 aromatic rings. The van der Waals surface area contributed by atoms with Crippen LogP contribution in [0.3, 0.4) is 0 Å². The Morgan fingerprint density at radius 2 is 1.76 bits per heavy atom. The molecule has 1 fully saturated rings. The molecule has 1 saturated heterocycles. The molecule has 9 nitrogen and oxygen atoms in total. The van der Waals surface area contributed by atoms with E-state index in [1.54, 1.807) is 42.9 Å². The number of hydrogen-bond donors (Lipinski definition) is 4. The number of alkyl halides is 2. The van der Waals surface area contributed by atoms with E-state index in [-0.39, 0.29) is 22.2 Å². The summed E-state index contributed by atoms with van der Waals surface area (Å²) in [6, 6.07) is 12.1. The van der Waals surface area contributed by atoms with E-state index < -0.39 is 12.0 Å². The molecule has 0 bridgehead atoms. The lowest BCUT2D eigenvalue weighted by Gasteiger charge is -2.27. The van der Waals surface area contributed by atoms with Crippen LogP contribution in [0, 0.1) is 0 Å². The molecular formula is C29H30ClF2N7O2. The first-order chi connectivity index (χ1) is 19.7. The number of amides is 3. The van der Waals surface area contributed by atoms with Gasteiger partial charge in [0.25, 0.3) is 11.8 Å². The first kappa shape index (κ1) is 28.5. The monoisotopic (exact) mass is 581 g/mol. The maximum atomic E-state index is 13.8. The van der Waals surface area contributed by atoms with E-state index in [9.17, 15) is 18.4 Å². The van der Waals surface area contributed by atoms with Crippen LogP contribution >= 0.6 is 11.6 Å². The fourth-order valence-corrected chi connectivity index (χ4v) is 5.05. The number of carbonyl (C=O) groups excluding carboxylic acids is 2. The van der Waals surface area contributed by atoms with E-state index in [0.717, 1.165) is 62.3 Å². The molecule has 4 N–H and O–H groups in total. The van der Waals surface area contributed by atoms with E-state index in [2.05, 4.69) is 31.2 Å². The maximum Gasteiger partial charge on any atom is 0.323 e. The number of piperazine rings is 1. The summed E-state index contributed by atoms with van der Waals surface area (Å²) in [4.78, 5) is 32.2. The van der Waals surface area contributed by atoms with E-state index >= 15 is 0 Å². The summed E-state index contributed by atoms with van der Waals surface area (Å²) in [5, 5.41) is 12.3. The Labute approximate surface area is 240 Å². The maximum absolute atomic E-state index is 13.8. The van der Waals surface area contributed by atoms with Crippen molar-refractivity contribution in [2.24, 2.45) is 0 Å². The summed E-state index contributed by atoms with van der Waals surface area (Å²) in [6.07, 6.45) is 5.14. The molecular weight excluding hydrogens is 552 g/mol. The lowest BCUT2D eigenvalue weighted by atomic mass is 10.1. The molecule has 0 unspecified atom stereocenters. The number of benzene rings is 2. The number of urea groups is 1. The van der Waals surface area contributed by atoms with E-state index in [0.29, 0.717) is 17.8 Å². The van der Waals surface area contributed by atoms with Crippen molar-refractivity contribution in [1.82, 2.24) is 25.1 Å². The molecule has 214 valence electrons. The van der Waals surface area contributed by atoms with E-state index in [1.807, 2.05) is 10.6 Å². The van der Waals surface area contributed by atoms with Gasteiger partial charge in [0.1, 0.15) is 0 Å². The quantitative estimate of drug-likeness (QED) is 0.233. The van der Waals surface area contributed by atoms with E-state index in [1.165, 1.54) is 12.1 Å². The molecule has 1 aliphatic rings. The topological polar surface area (TPSA) is 103 Å². The van der Waals surface area contributed by atoms with Gasteiger partial charge in [-0.05, 0) is 48.5 Å². The first-order valence-electron chi connectivity index (χ1n) is 13.2. The predicted octanol–water partition coefficient (Wildman–Crippen LogP) is 5.07. The van der Waals surface area contributed by atoms with Gasteiger partial charge in [0.05, 0.1) is 17.3 Å². The van der Waals surface area contributed by atoms with Crippen molar-refractivity contribution < 1.29 is 18.4 Å². The van der Waals surface area contributed by atoms with Crippen LogP contribution in [0.25, 0.3) is 16.6 Å². The van der Waals surface area contributed by atoms with Gasteiger partial charge in [-0.1, -0.05) is 11.6 Å². The molecule has 12 heteroatoms. The van der Waals surface area contributed by atoms with Gasteiger partial charge in [0, 0.05) is 91.6 Å². The minimum absolute atomic E-state index is 0.0809. The van der Waals surface area contributed by atoms with Crippen LogP contribution in [0.5, 0.6) is 0 Å². The standard InChI is InChI=1S/C29H30ClF2N7O2/c1-29(31,32)24-16-20(4-7-25(24)30)37-28(41)36-19-2-5-21(6-3-19)39-18-23(22-8-9-34-17-26(22)39)27(40)35-12-15-38-13-10-33-11-14-38/h2-9,16-18,33H,10-15H2,1H3,(H,35,40)(H2,36,37,41). The Kier molecular flexibility index (Phi) is 8.48. The lowest BCUT2D eigenvalue weighted by Crippen LogP contribution is -2.46. The van der Waals surface area contributed by atoms with Gasteiger partial charge < -0.3 is 25.8 Å². The number of carbonyl (C=O) groups is 2. The van der Waals surface area contributed by atoms with Crippen molar-refractivity contribution in [3.63, 3.8) is 0 Å². The predicted molar refractivity (Wildman–Crippen MR) is 156 cm³/mol. The van der Waals surface area contributed by atoms with Crippen LogP contribution in [-0.2, 0) is 5.92 Å². The minimum Gasteiger partial charge on any atom is -0.351 e. The average molecular weight is 582 g/mol. The fraction of sp³-hybridized carbons (Fsp3) is 0.276. The van der Waals surface area contributed by atoms with Crippen molar-refractivity contribution in [1.29, 1.82) is 0 Å². The number of halogens is 3. The van der Waals surface area contributed by atoms with Crippen LogP contribution in [0.2, 0.25) is 5.02 Å². The summed E-state index contributed by atoms with van der Waals surface area (Å²) in [7, 11) is 0. The smallest absolute Gasteiger partial charge is 0.323 e. The average Bonchev–Trinajstić information content (AvgIpc) is 3.34. The summed E-state index contributed by atoms with van der Waals surface area (Å²) in [5.41, 5.74) is 2.38. The summed E-state index contributed by atoms with van der Waals surface area (Å²) in [5.74, 6) is -3.30. The molecule has 1 aliphatic heterocycles. The van der Waals surface area contributed by atoms with Crippen molar-refractivity contribution in [2.45, 2.75) is 12.8 Å². The van der Waals surface area contributed by atoms with Crippen LogP contribution in [0.15, 0.2) is 67.1 Å². The zero-order valence-electron chi connectivity index (χ0n) is 22.4. The Balaban J connectivity index is 1.26. The number of rotatable bonds is 8. The summed E-state index contributed by atoms with van der Waals surface area (Å²) in [6.45, 7) is 5.93. The minimum atomic E-state index is -3.15. The zero-order chi connectivity index (χ0) is 29.0. The molecule has 0 radical (unpaired) electrons. The normalized spacial score (nSPS) is 14.1. The van der Waals surface area contributed by atoms with Gasteiger partial charge in [-0.2, -0.15) is 0 Å². The second-order valence-corrected chi connectivity index (χ2v) is 10.3. The number of hydrogen-bond acceptors (Lipinski definition) is 5. The van der Waals surface area contributed by atoms with Crippen LogP contribution in [0.4, 0.5) is 25.0 Å². The summed E-state index contributed by atoms with van der Waals surface area (Å²) >= 11 is 5.88. The highest BCUT2D eigenvalue weighted by molar-refractivity contribution is 6.31. The van der Waals surface area contributed by atoms with Gasteiger partial charge in [-0.3, -0.25) is 14.7 Å². The van der Waals surface area contributed by atoms with Gasteiger partial charge in [0.15, 0.2) is 0 Å². The van der Waals surface area contributed by atoms with Crippen molar-refractivity contribution in [3.05, 3.63) is 83.3 Å². The van der Waals surface area contributed by atoms with Crippen molar-refractivity contribution in [3.8, 4) is 5.69 Å². The van der Waals surface area contributed by atoms with Crippen LogP contribution < -0.4 is 21.3 Å². The zero-order valence-corrected chi connectivity index (χ0v) is 23.1. The Hall–Kier alpha value is -4.06. The molecule has 3 heterocycles. The third-order valence-electron chi connectivity index (χ3n) is 6.88. The molecule has 0 atom stereocenters. The second kappa shape index (κ2) is 12.2. The molecule has 41 heavy (non-hydrogen) atoms.